The number of carbonyl (C=O) groups excluding carboxylic acids is 1. The number of benzene rings is 2. The molecular weight excluding hydrogens is 449 g/mol. The van der Waals surface area contributed by atoms with Gasteiger partial charge in [0.1, 0.15) is 5.82 Å². The second-order valence-corrected chi connectivity index (χ2v) is 9.07. The summed E-state index contributed by atoms with van der Waals surface area (Å²) in [4.78, 5) is 14.8. The van der Waals surface area contributed by atoms with Gasteiger partial charge in [0.05, 0.1) is 6.10 Å². The Morgan fingerprint density at radius 1 is 1.26 bits per heavy atom. The average Bonchev–Trinajstić information content (AvgIpc) is 3.29. The van der Waals surface area contributed by atoms with Crippen molar-refractivity contribution in [2.24, 2.45) is 13.0 Å². The number of aromatic nitrogens is 4. The summed E-state index contributed by atoms with van der Waals surface area (Å²) in [5.41, 5.74) is 3.31. The number of nitrogens with zero attached hydrogens (tertiary/aromatic N) is 5. The zero-order valence-electron chi connectivity index (χ0n) is 20.1. The van der Waals surface area contributed by atoms with Gasteiger partial charge in [-0.1, -0.05) is 19.1 Å². The smallest absolute Gasteiger partial charge is 0.319 e. The molecule has 2 amide bonds. The fourth-order valence-electron chi connectivity index (χ4n) is 4.50. The fourth-order valence-corrected chi connectivity index (χ4v) is 4.50. The SMILES string of the molecule is CCc1cc(NC(=O)NC[C@H]2CCCN(CC(O)c3ccc(F)cc3)C2)cc(-c2nnnn2C)c1. The summed E-state index contributed by atoms with van der Waals surface area (Å²) in [5, 5.41) is 28.1. The molecule has 2 aromatic carbocycles. The highest BCUT2D eigenvalue weighted by Crippen LogP contribution is 2.24. The summed E-state index contributed by atoms with van der Waals surface area (Å²) in [6.07, 6.45) is 2.15. The van der Waals surface area contributed by atoms with Crippen molar-refractivity contribution in [3.8, 4) is 11.4 Å². The number of β-amino-alcohol motifs (C(OH)–C–C–N with tert-alkyl or cyclic N) is 1. The van der Waals surface area contributed by atoms with E-state index in [-0.39, 0.29) is 17.8 Å². The van der Waals surface area contributed by atoms with E-state index in [1.807, 2.05) is 18.2 Å². The molecule has 2 atom stereocenters. The average molecular weight is 482 g/mol. The van der Waals surface area contributed by atoms with Gasteiger partial charge in [0.2, 0.25) is 0 Å². The molecule has 1 saturated heterocycles. The van der Waals surface area contributed by atoms with Gasteiger partial charge in [-0.3, -0.25) is 0 Å². The first-order valence-corrected chi connectivity index (χ1v) is 12.0. The lowest BCUT2D eigenvalue weighted by atomic mass is 9.97. The molecule has 3 aromatic rings. The molecule has 0 aliphatic carbocycles. The van der Waals surface area contributed by atoms with Crippen LogP contribution in [0.4, 0.5) is 14.9 Å². The number of rotatable bonds is 8. The van der Waals surface area contributed by atoms with Gasteiger partial charge < -0.3 is 20.6 Å². The van der Waals surface area contributed by atoms with Crippen LogP contribution < -0.4 is 10.6 Å². The minimum absolute atomic E-state index is 0.260. The van der Waals surface area contributed by atoms with Crippen LogP contribution in [0.2, 0.25) is 0 Å². The predicted octanol–water partition coefficient (Wildman–Crippen LogP) is 3.15. The van der Waals surface area contributed by atoms with Crippen LogP contribution in [0.15, 0.2) is 42.5 Å². The number of carbonyl (C=O) groups is 1. The fraction of sp³-hybridized carbons (Fsp3) is 0.440. The van der Waals surface area contributed by atoms with Crippen molar-refractivity contribution < 1.29 is 14.3 Å². The van der Waals surface area contributed by atoms with E-state index >= 15 is 0 Å². The van der Waals surface area contributed by atoms with Crippen molar-refractivity contribution in [3.63, 3.8) is 0 Å². The lowest BCUT2D eigenvalue weighted by Gasteiger charge is -2.34. The molecule has 0 spiro atoms. The summed E-state index contributed by atoms with van der Waals surface area (Å²) in [6, 6.07) is 11.5. The van der Waals surface area contributed by atoms with Gasteiger partial charge in [-0.15, -0.1) is 5.10 Å². The van der Waals surface area contributed by atoms with Gasteiger partial charge in [-0.2, -0.15) is 0 Å². The molecule has 0 radical (unpaired) electrons. The molecule has 1 fully saturated rings. The number of tetrazole rings is 1. The second kappa shape index (κ2) is 11.4. The number of hydrogen-bond acceptors (Lipinski definition) is 6. The minimum atomic E-state index is -0.672. The third-order valence-corrected chi connectivity index (χ3v) is 6.38. The Morgan fingerprint density at radius 3 is 2.77 bits per heavy atom. The molecule has 9 nitrogen and oxygen atoms in total. The maximum Gasteiger partial charge on any atom is 0.319 e. The van der Waals surface area contributed by atoms with Crippen LogP contribution in [0.5, 0.6) is 0 Å². The predicted molar refractivity (Wildman–Crippen MR) is 131 cm³/mol. The van der Waals surface area contributed by atoms with Crippen LogP contribution in [0.1, 0.15) is 37.0 Å². The van der Waals surface area contributed by atoms with Crippen molar-refractivity contribution in [1.29, 1.82) is 0 Å². The van der Waals surface area contributed by atoms with E-state index in [1.165, 1.54) is 12.1 Å². The molecule has 1 aromatic heterocycles. The summed E-state index contributed by atoms with van der Waals surface area (Å²) < 4.78 is 14.7. The first kappa shape index (κ1) is 24.7. The molecular formula is C25H32FN7O2. The molecule has 186 valence electrons. The Labute approximate surface area is 204 Å². The van der Waals surface area contributed by atoms with Crippen molar-refractivity contribution in [3.05, 3.63) is 59.4 Å². The van der Waals surface area contributed by atoms with E-state index in [2.05, 4.69) is 38.0 Å². The molecule has 1 aliphatic rings. The third-order valence-electron chi connectivity index (χ3n) is 6.38. The van der Waals surface area contributed by atoms with Gasteiger partial charge in [0, 0.05) is 37.9 Å². The summed E-state index contributed by atoms with van der Waals surface area (Å²) in [7, 11) is 1.78. The van der Waals surface area contributed by atoms with E-state index in [0.717, 1.165) is 43.5 Å². The molecule has 0 bridgehead atoms. The first-order chi connectivity index (χ1) is 16.9. The maximum absolute atomic E-state index is 13.1. The quantitative estimate of drug-likeness (QED) is 0.456. The van der Waals surface area contributed by atoms with Crippen LogP contribution in [0.3, 0.4) is 0 Å². The Bertz CT molecular complexity index is 1140. The van der Waals surface area contributed by atoms with E-state index in [4.69, 9.17) is 0 Å². The Kier molecular flexibility index (Phi) is 8.04. The number of anilines is 1. The number of piperidine rings is 1. The van der Waals surface area contributed by atoms with E-state index in [9.17, 15) is 14.3 Å². The van der Waals surface area contributed by atoms with Crippen LogP contribution in [-0.4, -0.2) is 62.4 Å². The lowest BCUT2D eigenvalue weighted by Crippen LogP contribution is -2.43. The highest BCUT2D eigenvalue weighted by Gasteiger charge is 2.23. The minimum Gasteiger partial charge on any atom is -0.387 e. The normalized spacial score (nSPS) is 17.2. The van der Waals surface area contributed by atoms with E-state index < -0.39 is 6.10 Å². The summed E-state index contributed by atoms with van der Waals surface area (Å²) in [6.45, 7) is 4.76. The lowest BCUT2D eigenvalue weighted by molar-refractivity contribution is 0.0846. The van der Waals surface area contributed by atoms with Crippen LogP contribution in [0.25, 0.3) is 11.4 Å². The van der Waals surface area contributed by atoms with Crippen molar-refractivity contribution in [2.75, 3.05) is 31.5 Å². The van der Waals surface area contributed by atoms with Crippen molar-refractivity contribution in [1.82, 2.24) is 30.4 Å². The van der Waals surface area contributed by atoms with Gasteiger partial charge in [0.15, 0.2) is 5.82 Å². The highest BCUT2D eigenvalue weighted by atomic mass is 19.1. The second-order valence-electron chi connectivity index (χ2n) is 9.07. The Balaban J connectivity index is 1.30. The standard InChI is InChI=1S/C25H32FN7O2/c1-3-17-11-20(24-29-30-31-32(24)2)13-22(12-17)28-25(35)27-14-18-5-4-10-33(15-18)16-23(34)19-6-8-21(26)9-7-19/h6-9,11-13,18,23,34H,3-5,10,14-16H2,1-2H3,(H2,27,28,35)/t18-,23?/m1/s1. The van der Waals surface area contributed by atoms with Gasteiger partial charge in [0.25, 0.3) is 0 Å². The number of aliphatic hydroxyl groups excluding tert-OH is 1. The molecule has 4 rings (SSSR count). The molecule has 3 N–H and O–H groups in total. The number of urea groups is 1. The van der Waals surface area contributed by atoms with Crippen LogP contribution >= 0.6 is 0 Å². The number of aryl methyl sites for hydroxylation is 2. The molecule has 10 heteroatoms. The third kappa shape index (κ3) is 6.61. The summed E-state index contributed by atoms with van der Waals surface area (Å²) >= 11 is 0. The van der Waals surface area contributed by atoms with E-state index in [0.29, 0.717) is 30.2 Å². The number of hydrogen-bond donors (Lipinski definition) is 3. The van der Waals surface area contributed by atoms with Crippen LogP contribution in [0, 0.1) is 11.7 Å². The zero-order chi connectivity index (χ0) is 24.8. The van der Waals surface area contributed by atoms with Crippen molar-refractivity contribution >= 4 is 11.7 Å². The van der Waals surface area contributed by atoms with Gasteiger partial charge >= 0.3 is 6.03 Å². The maximum atomic E-state index is 13.1. The highest BCUT2D eigenvalue weighted by molar-refractivity contribution is 5.90. The Morgan fingerprint density at radius 2 is 2.06 bits per heavy atom. The molecule has 0 saturated carbocycles. The number of aliphatic hydroxyl groups is 1. The summed E-state index contributed by atoms with van der Waals surface area (Å²) in [5.74, 6) is 0.609. The zero-order valence-corrected chi connectivity index (χ0v) is 20.1. The van der Waals surface area contributed by atoms with Gasteiger partial charge in [-0.25, -0.2) is 13.9 Å². The van der Waals surface area contributed by atoms with E-state index in [1.54, 1.807) is 23.9 Å². The first-order valence-electron chi connectivity index (χ1n) is 12.0. The topological polar surface area (TPSA) is 108 Å². The van der Waals surface area contributed by atoms with Crippen LogP contribution in [-0.2, 0) is 13.5 Å². The number of likely N-dealkylation sites (tertiary alicyclic amines) is 1. The number of nitrogens with one attached hydrogen (secondary N) is 2. The molecule has 1 unspecified atom stereocenters. The molecule has 35 heavy (non-hydrogen) atoms. The number of amides is 2. The monoisotopic (exact) mass is 481 g/mol. The van der Waals surface area contributed by atoms with Crippen molar-refractivity contribution in [2.45, 2.75) is 32.3 Å². The largest absolute Gasteiger partial charge is 0.387 e. The van der Waals surface area contributed by atoms with Gasteiger partial charge in [-0.05, 0) is 83.6 Å². The Hall–Kier alpha value is -3.37. The number of halogens is 1. The molecule has 1 aliphatic heterocycles. The molecule has 2 heterocycles.